The minimum absolute atomic E-state index is 0.0149. The maximum absolute atomic E-state index is 14.7. The minimum atomic E-state index is -1.27. The number of guanidine groups is 3. The van der Waals surface area contributed by atoms with Gasteiger partial charge in [-0.25, -0.2) is 15.0 Å². The summed E-state index contributed by atoms with van der Waals surface area (Å²) in [6.45, 7) is 18.7. The number of Topliss-reactive ketones (excluding diaryl/α,β-unsaturated/α-hetero) is 7. The Morgan fingerprint density at radius 3 is 1.24 bits per heavy atom. The highest BCUT2D eigenvalue weighted by molar-refractivity contribution is 5.99. The SMILES string of the molecule is CCCCCCCCCCCCCCCC(=O)N[C@H](C(=O)C[C@H](C(=O)N[C@@H](Cc1cnc[nH]1)C(=O)C[C@@H](C)C(C)=O)C(C)C)[C@@H](C)CC.CN[C@H](C(=O)C[C@@H](Cc1cnc[nH]1)C(=O)N[C@@H](C)C(=O)C[C@@H](Cc1ccc(O)cc1)C(=O)N[C@@H](CCCN=C(N)N)C(=O)C[C@@H](Cc1cnc[nH]1)C(=O)N[C@@H](CCCN=C(N)N)C(=O)C[C@@H](CCCN=C(N)N)C(N)=O)C(C)C. The fourth-order valence-electron chi connectivity index (χ4n) is 15.0. The number of imidazole rings is 3. The van der Waals surface area contributed by atoms with E-state index in [2.05, 4.69) is 83.7 Å². The molecule has 0 saturated heterocycles. The largest absolute Gasteiger partial charge is 0.508 e. The van der Waals surface area contributed by atoms with Gasteiger partial charge in [0.15, 0.2) is 52.6 Å². The topological polar surface area (TPSA) is 620 Å². The number of nitrogens with two attached hydrogens (primary N) is 7. The van der Waals surface area contributed by atoms with Crippen molar-refractivity contribution in [1.29, 1.82) is 0 Å². The van der Waals surface area contributed by atoms with E-state index in [0.717, 1.165) is 19.3 Å². The number of benzene rings is 1. The van der Waals surface area contributed by atoms with Crippen LogP contribution < -0.4 is 72.0 Å². The van der Waals surface area contributed by atoms with E-state index >= 15 is 0 Å². The van der Waals surface area contributed by atoms with Gasteiger partial charge in [0, 0.05) is 143 Å². The van der Waals surface area contributed by atoms with E-state index in [1.807, 2.05) is 41.5 Å². The van der Waals surface area contributed by atoms with E-state index < -0.39 is 126 Å². The van der Waals surface area contributed by atoms with Crippen molar-refractivity contribution in [2.75, 3.05) is 26.7 Å². The summed E-state index contributed by atoms with van der Waals surface area (Å²) in [6.07, 6.45) is 26.0. The summed E-state index contributed by atoms with van der Waals surface area (Å²) in [5.74, 6) is -11.7. The molecule has 0 aliphatic carbocycles. The van der Waals surface area contributed by atoms with Gasteiger partial charge in [0.05, 0.1) is 67.1 Å². The summed E-state index contributed by atoms with van der Waals surface area (Å²) in [6, 6.07) is 0.370. The van der Waals surface area contributed by atoms with Crippen molar-refractivity contribution < 1.29 is 67.4 Å². The van der Waals surface area contributed by atoms with Crippen LogP contribution in [0.15, 0.2) is 76.8 Å². The number of unbranched alkanes of at least 4 members (excludes halogenated alkanes) is 12. The molecule has 0 aliphatic rings. The van der Waals surface area contributed by atoms with E-state index in [4.69, 9.17) is 40.1 Å². The van der Waals surface area contributed by atoms with Crippen LogP contribution in [0.4, 0.5) is 0 Å². The number of carbonyl (C=O) groups is 13. The second-order valence-corrected chi connectivity index (χ2v) is 34.5. The maximum atomic E-state index is 14.7. The number of phenolic OH excluding ortho intramolecular Hbond substituents is 1. The zero-order valence-corrected chi connectivity index (χ0v) is 77.0. The number of hydrogen-bond acceptors (Lipinski definition) is 21. The van der Waals surface area contributed by atoms with Crippen LogP contribution in [0.2, 0.25) is 0 Å². The normalized spacial score (nSPS) is 14.3. The number of amides is 6. The Labute approximate surface area is 749 Å². The number of phenols is 1. The van der Waals surface area contributed by atoms with Gasteiger partial charge < -0.3 is 92.1 Å². The van der Waals surface area contributed by atoms with Crippen molar-refractivity contribution >= 4 is 93.8 Å². The zero-order chi connectivity index (χ0) is 94.5. The lowest BCUT2D eigenvalue weighted by Gasteiger charge is -2.28. The molecule has 3 aromatic heterocycles. The van der Waals surface area contributed by atoms with Crippen LogP contribution in [0.3, 0.4) is 0 Å². The van der Waals surface area contributed by atoms with Gasteiger partial charge in [-0.15, -0.1) is 0 Å². The Bertz CT molecular complexity index is 4060. The monoisotopic (exact) mass is 1780 g/mol. The fourth-order valence-corrected chi connectivity index (χ4v) is 15.0. The predicted octanol–water partition coefficient (Wildman–Crippen LogP) is 6.40. The molecule has 0 unspecified atom stereocenters. The Balaban J connectivity index is 0.000000740. The van der Waals surface area contributed by atoms with Gasteiger partial charge in [0.1, 0.15) is 11.5 Å². The Morgan fingerprint density at radius 1 is 0.417 bits per heavy atom. The van der Waals surface area contributed by atoms with E-state index in [1.165, 1.54) is 115 Å². The molecule has 36 heteroatoms. The van der Waals surface area contributed by atoms with E-state index in [0.29, 0.717) is 41.9 Å². The van der Waals surface area contributed by atoms with Crippen LogP contribution >= 0.6 is 0 Å². The molecule has 13 atom stereocenters. The van der Waals surface area contributed by atoms with Crippen molar-refractivity contribution in [3.63, 3.8) is 0 Å². The highest BCUT2D eigenvalue weighted by atomic mass is 16.3. The smallest absolute Gasteiger partial charge is 0.224 e. The first-order valence-electron chi connectivity index (χ1n) is 45.4. The molecule has 24 N–H and O–H groups in total. The second-order valence-electron chi connectivity index (χ2n) is 34.5. The van der Waals surface area contributed by atoms with Crippen molar-refractivity contribution in [1.82, 2.24) is 61.8 Å². The van der Waals surface area contributed by atoms with E-state index in [-0.39, 0.29) is 179 Å². The van der Waals surface area contributed by atoms with Gasteiger partial charge in [-0.2, -0.15) is 0 Å². The molecule has 1 aromatic carbocycles. The first kappa shape index (κ1) is 110. The molecule has 0 saturated carbocycles. The molecular weight excluding hydrogens is 1630 g/mol. The molecule has 3 heterocycles. The first-order chi connectivity index (χ1) is 60.4. The van der Waals surface area contributed by atoms with Gasteiger partial charge in [-0.1, -0.05) is 151 Å². The number of H-pyrrole nitrogens is 3. The van der Waals surface area contributed by atoms with Crippen molar-refractivity contribution in [2.45, 2.75) is 305 Å². The molecule has 127 heavy (non-hydrogen) atoms. The third-order valence-corrected chi connectivity index (χ3v) is 23.1. The van der Waals surface area contributed by atoms with Gasteiger partial charge in [-0.05, 0) is 108 Å². The number of aromatic amines is 3. The molecule has 6 amide bonds. The Hall–Kier alpha value is -11.1. The van der Waals surface area contributed by atoms with Crippen LogP contribution in [-0.4, -0.2) is 192 Å². The average molecular weight is 1780 g/mol. The van der Waals surface area contributed by atoms with Crippen LogP contribution in [0.25, 0.3) is 0 Å². The number of hydrogen-bond donors (Lipinski definition) is 17. The highest BCUT2D eigenvalue weighted by Crippen LogP contribution is 2.26. The van der Waals surface area contributed by atoms with Gasteiger partial charge >= 0.3 is 0 Å². The number of likely N-dealkylation sites (N-methyl/N-ethyl adjacent to an activating group) is 1. The maximum Gasteiger partial charge on any atom is 0.224 e. The highest BCUT2D eigenvalue weighted by Gasteiger charge is 2.38. The van der Waals surface area contributed by atoms with E-state index in [9.17, 15) is 67.4 Å². The van der Waals surface area contributed by atoms with Gasteiger partial charge in [0.2, 0.25) is 35.4 Å². The number of carbonyl (C=O) groups excluding carboxylic acids is 13. The number of nitrogens with zero attached hydrogens (tertiary/aromatic N) is 6. The van der Waals surface area contributed by atoms with Crippen molar-refractivity contribution in [2.24, 2.45) is 108 Å². The fraction of sp³-hybridized carbons (Fsp3) is 0.659. The van der Waals surface area contributed by atoms with Crippen molar-refractivity contribution in [3.8, 4) is 5.75 Å². The predicted molar refractivity (Wildman–Crippen MR) is 490 cm³/mol. The summed E-state index contributed by atoms with van der Waals surface area (Å²) < 4.78 is 0. The Morgan fingerprint density at radius 2 is 0.819 bits per heavy atom. The molecule has 0 aliphatic heterocycles. The lowest BCUT2D eigenvalue weighted by molar-refractivity contribution is -0.136. The van der Waals surface area contributed by atoms with Crippen LogP contribution in [0.5, 0.6) is 5.75 Å². The molecule has 708 valence electrons. The number of primary amides is 1. The van der Waals surface area contributed by atoms with Crippen molar-refractivity contribution in [3.05, 3.63) is 84.5 Å². The number of ketones is 7. The van der Waals surface area contributed by atoms with Gasteiger partial charge in [-0.3, -0.25) is 77.3 Å². The standard InChI is InChI=1S/C52H82N18O9.C39H68N4O5/c1-29(2)45(60-4)44(75)24-35(20-37-26-62-28-67-37)47(77)68-30(3)41(72)22-33(18-31-11-13-38(71)14-12-31)48(78)69-40(10-7-17-65-52(58)59)43(74)23-34(19-36-25-61-27-66-36)49(79)70-39(9-6-16-64-51(56)57)42(73)21-32(46(53)76)8-5-15-63-50(54)55;1-8-10-11-12-13-14-15-16-17-18-19-20-21-22-37(47)43-38(29(5)9-2)36(46)25-33(28(3)4)39(48)42-34(24-32-26-40-27-41-32)35(45)23-30(6)31(7)44/h11-14,25-30,32-35,39-40,45,60,71H,5-10,15-24H2,1-4H3,(H2,53,76)(H,61,66)(H,62,67)(H,68,77)(H,69,78)(H,70,79)(H4,54,55,63)(H4,56,57,64)(H4,58,59,65);26-30,33-34,38H,8-25H2,1-7H3,(H,40,41)(H,42,48)(H,43,47)/t30-,32+,33+,34+,35+,39-,40-,45-;29-,30+,33-,34-,38-/m00/s1. The summed E-state index contributed by atoms with van der Waals surface area (Å²) in [5.41, 5.74) is 41.1. The minimum Gasteiger partial charge on any atom is -0.508 e. The molecule has 4 aromatic rings. The van der Waals surface area contributed by atoms with Crippen LogP contribution in [0, 0.1) is 53.3 Å². The summed E-state index contributed by atoms with van der Waals surface area (Å²) >= 11 is 0. The number of aliphatic imine (C=N–C) groups is 3. The second kappa shape index (κ2) is 61.4. The molecule has 0 fully saturated rings. The lowest BCUT2D eigenvalue weighted by Crippen LogP contribution is -2.49. The molecule has 0 radical (unpaired) electrons. The third-order valence-electron chi connectivity index (χ3n) is 23.1. The number of aromatic nitrogens is 6. The molecule has 36 nitrogen and oxygen atoms in total. The summed E-state index contributed by atoms with van der Waals surface area (Å²) in [4.78, 5) is 210. The van der Waals surface area contributed by atoms with Crippen LogP contribution in [-0.2, 0) is 88.0 Å². The summed E-state index contributed by atoms with van der Waals surface area (Å²) in [5, 5.41) is 27.3. The molecule has 0 spiro atoms. The van der Waals surface area contributed by atoms with Crippen LogP contribution in [0.1, 0.15) is 265 Å². The third kappa shape index (κ3) is 45.3. The number of aromatic hydroxyl groups is 1. The first-order valence-corrected chi connectivity index (χ1v) is 45.4. The van der Waals surface area contributed by atoms with Gasteiger partial charge in [0.25, 0.3) is 0 Å². The zero-order valence-electron chi connectivity index (χ0n) is 77.0. The molecule has 0 bridgehead atoms. The van der Waals surface area contributed by atoms with E-state index in [1.54, 1.807) is 38.5 Å². The number of rotatable bonds is 68. The molecule has 4 rings (SSSR count). The summed E-state index contributed by atoms with van der Waals surface area (Å²) in [7, 11) is 1.67. The quantitative estimate of drug-likeness (QED) is 0.0129. The number of nitrogens with one attached hydrogen (secondary N) is 9. The molecular formula is C91H150N22O14. The lowest BCUT2D eigenvalue weighted by atomic mass is 9.84. The Kier molecular flexibility index (Phi) is 53.2. The average Bonchev–Trinajstić information content (AvgIpc) is 1.54.